The molecule has 1 aromatic rings. The Bertz CT molecular complexity index is 685. The normalized spacial score (nSPS) is 22.0. The van der Waals surface area contributed by atoms with Gasteiger partial charge in [-0.05, 0) is 11.8 Å². The third kappa shape index (κ3) is 2.48. The van der Waals surface area contributed by atoms with Crippen molar-refractivity contribution in [3.63, 3.8) is 0 Å². The topological polar surface area (TPSA) is 63.6 Å². The van der Waals surface area contributed by atoms with Gasteiger partial charge in [0.25, 0.3) is 0 Å². The van der Waals surface area contributed by atoms with Gasteiger partial charge in [-0.15, -0.1) is 0 Å². The van der Waals surface area contributed by atoms with Gasteiger partial charge in [-0.3, -0.25) is 4.79 Å². The van der Waals surface area contributed by atoms with Crippen LogP contribution in [0, 0.1) is 17.8 Å². The van der Waals surface area contributed by atoms with Crippen LogP contribution in [-0.2, 0) is 15.1 Å². The van der Waals surface area contributed by atoms with Crippen LogP contribution >= 0.6 is 0 Å². The summed E-state index contributed by atoms with van der Waals surface area (Å²) in [6.07, 6.45) is 0. The lowest BCUT2D eigenvalue weighted by Gasteiger charge is -2.23. The Morgan fingerprint density at radius 2 is 2.00 bits per heavy atom. The molecule has 1 unspecified atom stereocenters. The van der Waals surface area contributed by atoms with Crippen molar-refractivity contribution >= 4 is 11.8 Å². The fourth-order valence-electron chi connectivity index (χ4n) is 2.06. The van der Waals surface area contributed by atoms with E-state index < -0.39 is 23.3 Å². The molecule has 1 aliphatic carbocycles. The Morgan fingerprint density at radius 3 is 2.64 bits per heavy atom. The molecule has 1 atom stereocenters. The van der Waals surface area contributed by atoms with Gasteiger partial charge in [-0.25, -0.2) is 4.79 Å². The van der Waals surface area contributed by atoms with Crippen LogP contribution in [0.2, 0.25) is 0 Å². The van der Waals surface area contributed by atoms with Crippen molar-refractivity contribution in [2.45, 2.75) is 25.4 Å². The van der Waals surface area contributed by atoms with Crippen molar-refractivity contribution in [2.24, 2.45) is 5.92 Å². The summed E-state index contributed by atoms with van der Waals surface area (Å²) < 4.78 is 32.9. The molecule has 0 radical (unpaired) electrons. The summed E-state index contributed by atoms with van der Waals surface area (Å²) in [5.41, 5.74) is -3.65. The SMILES string of the molecule is CC(C)COC(=O)C#CC1(O)c2ccccc2C(=O)C1(F)F. The lowest BCUT2D eigenvalue weighted by atomic mass is 9.94. The number of carbonyl (C=O) groups is 2. The number of ether oxygens (including phenoxy) is 1. The van der Waals surface area contributed by atoms with Gasteiger partial charge in [-0.2, -0.15) is 8.78 Å². The van der Waals surface area contributed by atoms with Crippen molar-refractivity contribution in [1.82, 2.24) is 0 Å². The molecule has 116 valence electrons. The van der Waals surface area contributed by atoms with E-state index in [1.54, 1.807) is 13.8 Å². The minimum atomic E-state index is -4.12. The number of alkyl halides is 2. The monoisotopic (exact) mass is 308 g/mol. The summed E-state index contributed by atoms with van der Waals surface area (Å²) in [6.45, 7) is 3.68. The number of benzene rings is 1. The van der Waals surface area contributed by atoms with Crippen molar-refractivity contribution in [3.8, 4) is 11.8 Å². The highest BCUT2D eigenvalue weighted by Gasteiger charge is 2.65. The van der Waals surface area contributed by atoms with E-state index in [9.17, 15) is 23.5 Å². The van der Waals surface area contributed by atoms with Crippen LogP contribution in [0.5, 0.6) is 0 Å². The highest BCUT2D eigenvalue weighted by atomic mass is 19.3. The first-order chi connectivity index (χ1) is 10.2. The maximum atomic E-state index is 14.1. The third-order valence-electron chi connectivity index (χ3n) is 3.19. The number of hydrogen-bond acceptors (Lipinski definition) is 4. The quantitative estimate of drug-likeness (QED) is 0.515. The second-order valence-corrected chi connectivity index (χ2v) is 5.40. The zero-order chi connectivity index (χ0) is 16.5. The molecule has 0 aliphatic heterocycles. The van der Waals surface area contributed by atoms with Crippen LogP contribution in [0.3, 0.4) is 0 Å². The lowest BCUT2D eigenvalue weighted by molar-refractivity contribution is -0.138. The number of aliphatic hydroxyl groups is 1. The second kappa shape index (κ2) is 5.50. The van der Waals surface area contributed by atoms with E-state index in [1.807, 2.05) is 11.8 Å². The van der Waals surface area contributed by atoms with Crippen molar-refractivity contribution in [2.75, 3.05) is 6.61 Å². The summed E-state index contributed by atoms with van der Waals surface area (Å²) in [4.78, 5) is 23.1. The number of hydrogen-bond donors (Lipinski definition) is 1. The Morgan fingerprint density at radius 1 is 1.36 bits per heavy atom. The third-order valence-corrected chi connectivity index (χ3v) is 3.19. The maximum absolute atomic E-state index is 14.1. The molecule has 1 N–H and O–H groups in total. The van der Waals surface area contributed by atoms with Gasteiger partial charge in [0.2, 0.25) is 11.4 Å². The molecule has 0 bridgehead atoms. The van der Waals surface area contributed by atoms with Gasteiger partial charge in [0.15, 0.2) is 0 Å². The van der Waals surface area contributed by atoms with Crippen LogP contribution in [0.1, 0.15) is 29.8 Å². The van der Waals surface area contributed by atoms with Gasteiger partial charge in [0.1, 0.15) is 0 Å². The molecule has 1 aromatic carbocycles. The summed E-state index contributed by atoms with van der Waals surface area (Å²) >= 11 is 0. The van der Waals surface area contributed by atoms with Gasteiger partial charge in [0.05, 0.1) is 6.61 Å². The van der Waals surface area contributed by atoms with Crippen molar-refractivity contribution in [3.05, 3.63) is 35.4 Å². The molecule has 4 nitrogen and oxygen atoms in total. The molecule has 22 heavy (non-hydrogen) atoms. The van der Waals surface area contributed by atoms with Gasteiger partial charge < -0.3 is 9.84 Å². The van der Waals surface area contributed by atoms with Crippen LogP contribution in [0.25, 0.3) is 0 Å². The lowest BCUT2D eigenvalue weighted by Crippen LogP contribution is -2.44. The molecule has 6 heteroatoms. The number of halogens is 2. The van der Waals surface area contributed by atoms with E-state index in [1.165, 1.54) is 24.3 Å². The average Bonchev–Trinajstić information content (AvgIpc) is 2.63. The van der Waals surface area contributed by atoms with E-state index in [-0.39, 0.29) is 23.7 Å². The molecule has 0 amide bonds. The van der Waals surface area contributed by atoms with Crippen molar-refractivity contribution < 1.29 is 28.2 Å². The predicted molar refractivity (Wildman–Crippen MR) is 73.2 cm³/mol. The zero-order valence-electron chi connectivity index (χ0n) is 12.0. The number of carbonyl (C=O) groups excluding carboxylic acids is 2. The summed E-state index contributed by atoms with van der Waals surface area (Å²) in [5, 5.41) is 10.2. The second-order valence-electron chi connectivity index (χ2n) is 5.40. The summed E-state index contributed by atoms with van der Waals surface area (Å²) in [7, 11) is 0. The smallest absolute Gasteiger partial charge is 0.384 e. The molecule has 1 aliphatic rings. The highest BCUT2D eigenvalue weighted by Crippen LogP contribution is 2.47. The fourth-order valence-corrected chi connectivity index (χ4v) is 2.06. The Kier molecular flexibility index (Phi) is 4.03. The van der Waals surface area contributed by atoms with Crippen LogP contribution in [0.4, 0.5) is 8.78 Å². The summed E-state index contributed by atoms with van der Waals surface area (Å²) in [5.74, 6) is -2.95. The molecule has 0 aromatic heterocycles. The van der Waals surface area contributed by atoms with E-state index in [0.717, 1.165) is 0 Å². The molecular weight excluding hydrogens is 294 g/mol. The first-order valence-corrected chi connectivity index (χ1v) is 6.64. The van der Waals surface area contributed by atoms with E-state index >= 15 is 0 Å². The molecule has 0 saturated carbocycles. The zero-order valence-corrected chi connectivity index (χ0v) is 12.0. The number of fused-ring (bicyclic) bond motifs is 1. The molecule has 0 saturated heterocycles. The van der Waals surface area contributed by atoms with Crippen LogP contribution in [0.15, 0.2) is 24.3 Å². The number of esters is 1. The predicted octanol–water partition coefficient (Wildman–Crippen LogP) is 1.91. The van der Waals surface area contributed by atoms with Gasteiger partial charge >= 0.3 is 11.9 Å². The standard InChI is InChI=1S/C16H14F2O4/c1-10(2)9-22-13(19)7-8-15(21)12-6-4-3-5-11(12)14(20)16(15,17)18/h3-6,10,21H,9H2,1-2H3. The molecule has 0 fully saturated rings. The van der Waals surface area contributed by atoms with Crippen molar-refractivity contribution in [1.29, 1.82) is 0 Å². The van der Waals surface area contributed by atoms with E-state index in [4.69, 9.17) is 4.74 Å². The highest BCUT2D eigenvalue weighted by molar-refractivity contribution is 6.08. The number of Topliss-reactive ketones (excluding diaryl/α,β-unsaturated/α-hetero) is 1. The van der Waals surface area contributed by atoms with E-state index in [0.29, 0.717) is 0 Å². The Labute approximate surface area is 126 Å². The van der Waals surface area contributed by atoms with Crippen LogP contribution in [-0.4, -0.2) is 29.4 Å². The minimum Gasteiger partial charge on any atom is -0.456 e. The van der Waals surface area contributed by atoms with E-state index in [2.05, 4.69) is 0 Å². The first kappa shape index (κ1) is 16.1. The number of ketones is 1. The van der Waals surface area contributed by atoms with Gasteiger partial charge in [-0.1, -0.05) is 38.1 Å². The van der Waals surface area contributed by atoms with Crippen LogP contribution < -0.4 is 0 Å². The first-order valence-electron chi connectivity index (χ1n) is 6.64. The Hall–Kier alpha value is -2.26. The largest absolute Gasteiger partial charge is 0.456 e. The van der Waals surface area contributed by atoms with Gasteiger partial charge in [0, 0.05) is 17.0 Å². The minimum absolute atomic E-state index is 0.0593. The number of rotatable bonds is 2. The molecule has 2 rings (SSSR count). The molecular formula is C16H14F2O4. The Balaban J connectivity index is 2.37. The average molecular weight is 308 g/mol. The summed E-state index contributed by atoms with van der Waals surface area (Å²) in [6, 6.07) is 5.17. The maximum Gasteiger partial charge on any atom is 0.384 e. The molecule has 0 spiro atoms. The fraction of sp³-hybridized carbons (Fsp3) is 0.375. The molecule has 0 heterocycles.